The Bertz CT molecular complexity index is 731. The highest BCUT2D eigenvalue weighted by molar-refractivity contribution is 5.79. The van der Waals surface area contributed by atoms with Gasteiger partial charge in [0, 0.05) is 74.8 Å². The normalized spacial score (nSPS) is 34.0. The fourth-order valence-electron chi connectivity index (χ4n) is 5.74. The maximum atomic E-state index is 12.8. The van der Waals surface area contributed by atoms with E-state index in [4.69, 9.17) is 9.47 Å². The number of nitrogens with zero attached hydrogens (tertiary/aromatic N) is 3. The number of methoxy groups -OCH3 is 1. The van der Waals surface area contributed by atoms with E-state index in [9.17, 15) is 4.79 Å². The topological polar surface area (TPSA) is 68.6 Å². The number of carbonyl (C=O) groups excluding carboxylic acids is 1. The molecule has 0 bridgehead atoms. The molecule has 3 heterocycles. The fraction of sp³-hybridized carbons (Fsp3) is 0.810. The molecule has 1 aromatic rings. The zero-order valence-electron chi connectivity index (χ0n) is 17.8. The van der Waals surface area contributed by atoms with Crippen LogP contribution in [0.25, 0.3) is 0 Å². The quantitative estimate of drug-likeness (QED) is 0.767. The van der Waals surface area contributed by atoms with E-state index in [0.29, 0.717) is 37.6 Å². The largest absolute Gasteiger partial charge is 0.383 e. The van der Waals surface area contributed by atoms with Gasteiger partial charge in [0.25, 0.3) is 0 Å². The maximum absolute atomic E-state index is 12.8. The van der Waals surface area contributed by atoms with E-state index in [-0.39, 0.29) is 23.3 Å². The zero-order chi connectivity index (χ0) is 20.1. The van der Waals surface area contributed by atoms with Crippen LogP contribution < -0.4 is 5.32 Å². The molecule has 0 unspecified atom stereocenters. The van der Waals surface area contributed by atoms with Gasteiger partial charge >= 0.3 is 0 Å². The van der Waals surface area contributed by atoms with Crippen molar-refractivity contribution in [3.05, 3.63) is 17.5 Å². The summed E-state index contributed by atoms with van der Waals surface area (Å²) in [5, 5.41) is 8.26. The average Bonchev–Trinajstić information content (AvgIpc) is 3.32. The number of amides is 1. The highest BCUT2D eigenvalue weighted by Crippen LogP contribution is 2.52. The van der Waals surface area contributed by atoms with Gasteiger partial charge in [0.1, 0.15) is 0 Å². The summed E-state index contributed by atoms with van der Waals surface area (Å²) < 4.78 is 13.1. The Labute approximate surface area is 167 Å². The third kappa shape index (κ3) is 3.08. The average molecular weight is 391 g/mol. The third-order valence-electron chi connectivity index (χ3n) is 7.37. The van der Waals surface area contributed by atoms with E-state index in [0.717, 1.165) is 30.8 Å². The Hall–Kier alpha value is -1.44. The number of rotatable bonds is 7. The van der Waals surface area contributed by atoms with Gasteiger partial charge in [0.05, 0.1) is 24.9 Å². The van der Waals surface area contributed by atoms with Gasteiger partial charge in [-0.2, -0.15) is 5.10 Å². The minimum atomic E-state index is 0.0580. The second-order valence-corrected chi connectivity index (χ2v) is 9.25. The zero-order valence-corrected chi connectivity index (χ0v) is 17.8. The minimum Gasteiger partial charge on any atom is -0.383 e. The smallest absolute Gasteiger partial charge is 0.223 e. The Balaban J connectivity index is 1.51. The minimum absolute atomic E-state index is 0.0580. The summed E-state index contributed by atoms with van der Waals surface area (Å²) in [6.45, 7) is 9.57. The standard InChI is InChI=1S/C21H34N4O3/c1-13-16(12-23-24(13)4)18-14(10-17(26)25(18)7-9-27-5)11-22-19-15-6-8-28-20(15)21(19,2)3/h12,14-15,18-20,22H,6-11H2,1-5H3/t14-,15-,18+,19+,20+/m0/s1. The van der Waals surface area contributed by atoms with Crippen molar-refractivity contribution in [1.82, 2.24) is 20.0 Å². The molecule has 3 aliphatic rings. The first-order chi connectivity index (χ1) is 13.4. The first-order valence-electron chi connectivity index (χ1n) is 10.5. The molecule has 4 rings (SSSR count). The molecule has 3 fully saturated rings. The lowest BCUT2D eigenvalue weighted by Crippen LogP contribution is -2.66. The molecule has 7 nitrogen and oxygen atoms in total. The van der Waals surface area contributed by atoms with Gasteiger partial charge in [-0.1, -0.05) is 13.8 Å². The number of hydrogen-bond donors (Lipinski definition) is 1. The number of ether oxygens (including phenoxy) is 2. The van der Waals surface area contributed by atoms with Crippen molar-refractivity contribution in [2.24, 2.45) is 24.3 Å². The highest BCUT2D eigenvalue weighted by atomic mass is 16.5. The summed E-state index contributed by atoms with van der Waals surface area (Å²) in [7, 11) is 3.64. The molecule has 28 heavy (non-hydrogen) atoms. The Morgan fingerprint density at radius 2 is 2.21 bits per heavy atom. The second kappa shape index (κ2) is 7.43. The number of fused-ring (bicyclic) bond motifs is 1. The van der Waals surface area contributed by atoms with E-state index in [1.165, 1.54) is 0 Å². The van der Waals surface area contributed by atoms with Crippen LogP contribution in [0.2, 0.25) is 0 Å². The molecule has 5 atom stereocenters. The Kier molecular flexibility index (Phi) is 5.27. The van der Waals surface area contributed by atoms with Gasteiger partial charge in [0.2, 0.25) is 5.91 Å². The van der Waals surface area contributed by atoms with Gasteiger partial charge in [-0.15, -0.1) is 0 Å². The first-order valence-corrected chi connectivity index (χ1v) is 10.5. The van der Waals surface area contributed by atoms with Crippen molar-refractivity contribution in [3.63, 3.8) is 0 Å². The molecule has 2 saturated heterocycles. The van der Waals surface area contributed by atoms with Gasteiger partial charge < -0.3 is 19.7 Å². The number of carbonyl (C=O) groups is 1. The van der Waals surface area contributed by atoms with Crippen LogP contribution in [0.1, 0.15) is 44.0 Å². The molecule has 1 saturated carbocycles. The fourth-order valence-corrected chi connectivity index (χ4v) is 5.74. The van der Waals surface area contributed by atoms with Crippen LogP contribution in [0.3, 0.4) is 0 Å². The van der Waals surface area contributed by atoms with Gasteiger partial charge in [-0.05, 0) is 13.3 Å². The molecule has 7 heteroatoms. The summed E-state index contributed by atoms with van der Waals surface area (Å²) in [6.07, 6.45) is 4.03. The molecular formula is C21H34N4O3. The molecule has 0 spiro atoms. The van der Waals surface area contributed by atoms with Crippen LogP contribution in [0.5, 0.6) is 0 Å². The number of likely N-dealkylation sites (tertiary alicyclic amines) is 1. The van der Waals surface area contributed by atoms with E-state index in [2.05, 4.69) is 31.2 Å². The van der Waals surface area contributed by atoms with E-state index in [1.54, 1.807) is 7.11 Å². The van der Waals surface area contributed by atoms with Crippen LogP contribution in [-0.2, 0) is 21.3 Å². The van der Waals surface area contributed by atoms with Crippen molar-refractivity contribution in [3.8, 4) is 0 Å². The van der Waals surface area contributed by atoms with Crippen molar-refractivity contribution < 1.29 is 14.3 Å². The summed E-state index contributed by atoms with van der Waals surface area (Å²) in [5.74, 6) is 1.06. The molecule has 1 amide bonds. The van der Waals surface area contributed by atoms with Gasteiger partial charge in [-0.3, -0.25) is 9.48 Å². The summed E-state index contributed by atoms with van der Waals surface area (Å²) in [5.41, 5.74) is 2.44. The maximum Gasteiger partial charge on any atom is 0.223 e. The van der Waals surface area contributed by atoms with Crippen molar-refractivity contribution in [1.29, 1.82) is 0 Å². The van der Waals surface area contributed by atoms with Crippen LogP contribution >= 0.6 is 0 Å². The lowest BCUT2D eigenvalue weighted by Gasteiger charge is -2.55. The van der Waals surface area contributed by atoms with Gasteiger partial charge in [0.15, 0.2) is 0 Å². The van der Waals surface area contributed by atoms with Crippen molar-refractivity contribution in [2.75, 3.05) is 33.4 Å². The molecule has 1 aromatic heterocycles. The van der Waals surface area contributed by atoms with Crippen molar-refractivity contribution >= 4 is 5.91 Å². The Morgan fingerprint density at radius 1 is 1.43 bits per heavy atom. The number of hydrogen-bond acceptors (Lipinski definition) is 5. The lowest BCUT2D eigenvalue weighted by molar-refractivity contribution is -0.129. The van der Waals surface area contributed by atoms with Crippen LogP contribution in [0.15, 0.2) is 6.20 Å². The Morgan fingerprint density at radius 3 is 2.89 bits per heavy atom. The van der Waals surface area contributed by atoms with Crippen LogP contribution in [-0.4, -0.2) is 66.1 Å². The predicted molar refractivity (Wildman–Crippen MR) is 106 cm³/mol. The summed E-state index contributed by atoms with van der Waals surface area (Å²) in [4.78, 5) is 14.8. The van der Waals surface area contributed by atoms with E-state index < -0.39 is 0 Å². The highest BCUT2D eigenvalue weighted by Gasteiger charge is 2.59. The molecular weight excluding hydrogens is 356 g/mol. The summed E-state index contributed by atoms with van der Waals surface area (Å²) >= 11 is 0. The second-order valence-electron chi connectivity index (χ2n) is 9.25. The lowest BCUT2D eigenvalue weighted by atomic mass is 9.57. The molecule has 1 N–H and O–H groups in total. The summed E-state index contributed by atoms with van der Waals surface area (Å²) in [6, 6.07) is 0.515. The molecule has 1 aliphatic carbocycles. The third-order valence-corrected chi connectivity index (χ3v) is 7.37. The van der Waals surface area contributed by atoms with Crippen LogP contribution in [0.4, 0.5) is 0 Å². The van der Waals surface area contributed by atoms with E-state index >= 15 is 0 Å². The van der Waals surface area contributed by atoms with Crippen molar-refractivity contribution in [2.45, 2.75) is 51.8 Å². The van der Waals surface area contributed by atoms with E-state index in [1.807, 2.05) is 22.8 Å². The SMILES string of the molecule is COCCN1C(=O)C[C@@H](CN[C@@H]2[C@@H]3CCO[C@H]3C2(C)C)[C@@H]1c1cnn(C)c1C. The first kappa shape index (κ1) is 19.9. The predicted octanol–water partition coefficient (Wildman–Crippen LogP) is 1.67. The monoisotopic (exact) mass is 390 g/mol. The molecule has 2 aliphatic heterocycles. The molecule has 0 aromatic carbocycles. The number of aromatic nitrogens is 2. The number of aryl methyl sites for hydroxylation is 1. The van der Waals surface area contributed by atoms with Crippen LogP contribution in [0, 0.1) is 24.2 Å². The molecule has 156 valence electrons. The number of nitrogens with one attached hydrogen (secondary N) is 1. The molecule has 0 radical (unpaired) electrons. The van der Waals surface area contributed by atoms with Gasteiger partial charge in [-0.25, -0.2) is 0 Å².